The minimum absolute atomic E-state index is 0.00119. The molecule has 134 valence electrons. The number of hydrogen-bond donors (Lipinski definition) is 1. The zero-order valence-corrected chi connectivity index (χ0v) is 15.1. The fourth-order valence-electron chi connectivity index (χ4n) is 3.90. The molecule has 1 aromatic rings. The highest BCUT2D eigenvalue weighted by Gasteiger charge is 2.43. The topological polar surface area (TPSA) is 65.4 Å². The Hall–Kier alpha value is -2.06. The van der Waals surface area contributed by atoms with Gasteiger partial charge >= 0.3 is 0 Å². The Kier molecular flexibility index (Phi) is 5.29. The van der Waals surface area contributed by atoms with Crippen molar-refractivity contribution in [3.63, 3.8) is 0 Å². The summed E-state index contributed by atoms with van der Waals surface area (Å²) in [5.74, 6) is 1.34. The van der Waals surface area contributed by atoms with E-state index in [1.807, 2.05) is 24.3 Å². The van der Waals surface area contributed by atoms with Gasteiger partial charge in [0, 0.05) is 31.5 Å². The molecule has 5 nitrogen and oxygen atoms in total. The number of rotatable bonds is 4. The number of hydrogen-bond acceptors (Lipinski definition) is 4. The Morgan fingerprint density at radius 3 is 2.80 bits per heavy atom. The molecule has 2 heterocycles. The van der Waals surface area contributed by atoms with Gasteiger partial charge in [0.1, 0.15) is 11.4 Å². The lowest BCUT2D eigenvalue weighted by atomic mass is 9.80. The van der Waals surface area contributed by atoms with Gasteiger partial charge in [-0.15, -0.1) is 0 Å². The van der Waals surface area contributed by atoms with Gasteiger partial charge < -0.3 is 10.1 Å². The number of nitrogens with one attached hydrogen (secondary N) is 1. The van der Waals surface area contributed by atoms with Crippen molar-refractivity contribution in [1.29, 1.82) is 5.26 Å². The second kappa shape index (κ2) is 7.45. The number of nitriles is 1. The van der Waals surface area contributed by atoms with Gasteiger partial charge in [0.15, 0.2) is 0 Å². The van der Waals surface area contributed by atoms with E-state index in [4.69, 9.17) is 10.00 Å². The van der Waals surface area contributed by atoms with Crippen LogP contribution in [0.25, 0.3) is 0 Å². The summed E-state index contributed by atoms with van der Waals surface area (Å²) in [6, 6.07) is 10.3. The third-order valence-electron chi connectivity index (χ3n) is 5.19. The molecule has 3 rings (SSSR count). The van der Waals surface area contributed by atoms with Gasteiger partial charge in [-0.1, -0.05) is 32.0 Å². The minimum Gasteiger partial charge on any atom is -0.487 e. The van der Waals surface area contributed by atoms with Gasteiger partial charge in [-0.3, -0.25) is 9.69 Å². The van der Waals surface area contributed by atoms with Gasteiger partial charge in [0.05, 0.1) is 18.7 Å². The Morgan fingerprint density at radius 2 is 2.12 bits per heavy atom. The van der Waals surface area contributed by atoms with Crippen molar-refractivity contribution >= 4 is 5.91 Å². The molecule has 1 amide bonds. The molecule has 0 aromatic heterocycles. The number of para-hydroxylation sites is 1. The lowest BCUT2D eigenvalue weighted by Crippen LogP contribution is -2.52. The molecule has 1 N–H and O–H groups in total. The first-order valence-corrected chi connectivity index (χ1v) is 9.18. The molecule has 1 fully saturated rings. The summed E-state index contributed by atoms with van der Waals surface area (Å²) in [5, 5.41) is 12.1. The van der Waals surface area contributed by atoms with Gasteiger partial charge in [0.2, 0.25) is 5.91 Å². The summed E-state index contributed by atoms with van der Waals surface area (Å²) in [5.41, 5.74) is 0.834. The maximum absolute atomic E-state index is 12.3. The number of ether oxygens (including phenoxy) is 1. The lowest BCUT2D eigenvalue weighted by molar-refractivity contribution is -0.123. The standard InChI is InChI=1S/C20H27N3O2/c1-15(2)13-19(24)22-17-14-20(7-10-23(11-8-20)12-9-21)25-18-6-4-3-5-16(17)18/h3-6,15,17H,7-8,10-14H2,1-2H3,(H,22,24). The van der Waals surface area contributed by atoms with E-state index in [0.29, 0.717) is 18.9 Å². The van der Waals surface area contributed by atoms with E-state index < -0.39 is 0 Å². The maximum atomic E-state index is 12.3. The van der Waals surface area contributed by atoms with Gasteiger partial charge in [-0.05, 0) is 24.8 Å². The average Bonchev–Trinajstić information content (AvgIpc) is 2.56. The number of piperidine rings is 1. The molecule has 1 spiro atoms. The predicted molar refractivity (Wildman–Crippen MR) is 96.0 cm³/mol. The van der Waals surface area contributed by atoms with Crippen LogP contribution >= 0.6 is 0 Å². The first kappa shape index (κ1) is 17.8. The largest absolute Gasteiger partial charge is 0.487 e. The molecule has 0 bridgehead atoms. The van der Waals surface area contributed by atoms with E-state index in [-0.39, 0.29) is 17.6 Å². The number of carbonyl (C=O) groups is 1. The van der Waals surface area contributed by atoms with Crippen molar-refractivity contribution in [3.05, 3.63) is 29.8 Å². The molecule has 25 heavy (non-hydrogen) atoms. The van der Waals surface area contributed by atoms with Crippen molar-refractivity contribution in [2.24, 2.45) is 5.92 Å². The Bertz CT molecular complexity index is 657. The number of benzene rings is 1. The molecular weight excluding hydrogens is 314 g/mol. The summed E-state index contributed by atoms with van der Waals surface area (Å²) >= 11 is 0. The lowest BCUT2D eigenvalue weighted by Gasteiger charge is -2.46. The van der Waals surface area contributed by atoms with Gasteiger partial charge in [-0.25, -0.2) is 0 Å². The Balaban J connectivity index is 1.77. The van der Waals surface area contributed by atoms with E-state index in [0.717, 1.165) is 43.7 Å². The molecule has 2 aliphatic heterocycles. The summed E-state index contributed by atoms with van der Waals surface area (Å²) in [6.07, 6.45) is 3.12. The number of likely N-dealkylation sites (tertiary alicyclic amines) is 1. The quantitative estimate of drug-likeness (QED) is 0.855. The zero-order valence-electron chi connectivity index (χ0n) is 15.1. The van der Waals surface area contributed by atoms with Crippen LogP contribution in [0.2, 0.25) is 0 Å². The third-order valence-corrected chi connectivity index (χ3v) is 5.19. The first-order chi connectivity index (χ1) is 12.0. The van der Waals surface area contributed by atoms with Crippen molar-refractivity contribution < 1.29 is 9.53 Å². The molecular formula is C20H27N3O2. The van der Waals surface area contributed by atoms with Crippen LogP contribution in [0.15, 0.2) is 24.3 Å². The molecule has 0 radical (unpaired) electrons. The van der Waals surface area contributed by atoms with E-state index >= 15 is 0 Å². The van der Waals surface area contributed by atoms with Crippen molar-refractivity contribution in [3.8, 4) is 11.8 Å². The van der Waals surface area contributed by atoms with Crippen LogP contribution in [0.5, 0.6) is 5.75 Å². The molecule has 1 aromatic carbocycles. The van der Waals surface area contributed by atoms with Crippen LogP contribution in [0, 0.1) is 17.2 Å². The fraction of sp³-hybridized carbons (Fsp3) is 0.600. The summed E-state index contributed by atoms with van der Waals surface area (Å²) in [7, 11) is 0. The van der Waals surface area contributed by atoms with Crippen molar-refractivity contribution in [2.45, 2.75) is 51.2 Å². The highest BCUT2D eigenvalue weighted by Crippen LogP contribution is 2.44. The molecule has 2 aliphatic rings. The first-order valence-electron chi connectivity index (χ1n) is 9.18. The third kappa shape index (κ3) is 4.13. The molecule has 1 saturated heterocycles. The van der Waals surface area contributed by atoms with Crippen LogP contribution in [-0.2, 0) is 4.79 Å². The molecule has 1 atom stereocenters. The highest BCUT2D eigenvalue weighted by molar-refractivity contribution is 5.76. The van der Waals surface area contributed by atoms with Crippen LogP contribution in [-0.4, -0.2) is 36.0 Å². The van der Waals surface area contributed by atoms with Crippen LogP contribution < -0.4 is 10.1 Å². The SMILES string of the molecule is CC(C)CC(=O)NC1CC2(CCN(CC#N)CC2)Oc2ccccc21. The number of nitrogens with zero attached hydrogens (tertiary/aromatic N) is 2. The van der Waals surface area contributed by atoms with Crippen molar-refractivity contribution in [2.75, 3.05) is 19.6 Å². The second-order valence-electron chi connectivity index (χ2n) is 7.68. The number of fused-ring (bicyclic) bond motifs is 1. The normalized spacial score (nSPS) is 22.1. The fourth-order valence-corrected chi connectivity index (χ4v) is 3.90. The highest BCUT2D eigenvalue weighted by atomic mass is 16.5. The monoisotopic (exact) mass is 341 g/mol. The van der Waals surface area contributed by atoms with Crippen molar-refractivity contribution in [1.82, 2.24) is 10.2 Å². The van der Waals surface area contributed by atoms with Crippen LogP contribution in [0.3, 0.4) is 0 Å². The van der Waals surface area contributed by atoms with E-state index in [1.54, 1.807) is 0 Å². The van der Waals surface area contributed by atoms with E-state index in [1.165, 1.54) is 0 Å². The Labute approximate surface area is 150 Å². The minimum atomic E-state index is -0.240. The van der Waals surface area contributed by atoms with Gasteiger partial charge in [0.25, 0.3) is 0 Å². The van der Waals surface area contributed by atoms with Crippen LogP contribution in [0.4, 0.5) is 0 Å². The molecule has 0 aliphatic carbocycles. The van der Waals surface area contributed by atoms with Crippen LogP contribution in [0.1, 0.15) is 51.1 Å². The predicted octanol–water partition coefficient (Wildman–Crippen LogP) is 3.03. The zero-order chi connectivity index (χ0) is 17.9. The molecule has 0 saturated carbocycles. The molecule has 1 unspecified atom stereocenters. The summed E-state index contributed by atoms with van der Waals surface area (Å²) < 4.78 is 6.42. The van der Waals surface area contributed by atoms with E-state index in [2.05, 4.69) is 30.1 Å². The number of carbonyl (C=O) groups excluding carboxylic acids is 1. The molecule has 5 heteroatoms. The van der Waals surface area contributed by atoms with E-state index in [9.17, 15) is 4.79 Å². The van der Waals surface area contributed by atoms with Gasteiger partial charge in [-0.2, -0.15) is 5.26 Å². The average molecular weight is 341 g/mol. The maximum Gasteiger partial charge on any atom is 0.220 e. The second-order valence-corrected chi connectivity index (χ2v) is 7.68. The Morgan fingerprint density at radius 1 is 1.40 bits per heavy atom. The summed E-state index contributed by atoms with van der Waals surface area (Å²) in [4.78, 5) is 14.5. The number of amides is 1. The summed E-state index contributed by atoms with van der Waals surface area (Å²) in [6.45, 7) is 6.32. The smallest absolute Gasteiger partial charge is 0.220 e.